The molecule has 1 aromatic carbocycles. The largest absolute Gasteiger partial charge is 0.354 e. The Bertz CT molecular complexity index is 675. The van der Waals surface area contributed by atoms with Crippen LogP contribution in [0.5, 0.6) is 0 Å². The van der Waals surface area contributed by atoms with Crippen molar-refractivity contribution >= 4 is 17.8 Å². The second kappa shape index (κ2) is 8.29. The van der Waals surface area contributed by atoms with Crippen LogP contribution in [0.25, 0.3) is 0 Å². The Morgan fingerprint density at radius 1 is 1.27 bits per heavy atom. The van der Waals surface area contributed by atoms with E-state index in [4.69, 9.17) is 0 Å². The number of carbonyl (C=O) groups is 3. The summed E-state index contributed by atoms with van der Waals surface area (Å²) in [6.07, 6.45) is 1.89. The molecule has 1 aromatic rings. The van der Waals surface area contributed by atoms with Crippen LogP contribution in [0.4, 0.5) is 9.18 Å². The molecule has 1 unspecified atom stereocenters. The highest BCUT2D eigenvalue weighted by molar-refractivity contribution is 6.08. The van der Waals surface area contributed by atoms with Crippen molar-refractivity contribution in [2.45, 2.75) is 45.6 Å². The molecule has 0 bridgehead atoms. The molecule has 7 heteroatoms. The number of imide groups is 1. The summed E-state index contributed by atoms with van der Waals surface area (Å²) in [7, 11) is 0. The third-order valence-corrected chi connectivity index (χ3v) is 4.52. The van der Waals surface area contributed by atoms with E-state index in [0.29, 0.717) is 25.3 Å². The maximum atomic E-state index is 12.9. The second-order valence-corrected chi connectivity index (χ2v) is 7.31. The second-order valence-electron chi connectivity index (χ2n) is 7.31. The fourth-order valence-corrected chi connectivity index (χ4v) is 2.83. The highest BCUT2D eigenvalue weighted by Crippen LogP contribution is 2.24. The van der Waals surface area contributed by atoms with Gasteiger partial charge in [-0.2, -0.15) is 0 Å². The van der Waals surface area contributed by atoms with Crippen LogP contribution in [-0.2, 0) is 16.0 Å². The Kier molecular flexibility index (Phi) is 6.34. The molecular weight excluding hydrogens is 337 g/mol. The van der Waals surface area contributed by atoms with Gasteiger partial charge in [0.15, 0.2) is 0 Å². The first-order valence-corrected chi connectivity index (χ1v) is 8.86. The van der Waals surface area contributed by atoms with Crippen molar-refractivity contribution < 1.29 is 18.8 Å². The maximum absolute atomic E-state index is 12.9. The molecule has 1 aliphatic heterocycles. The third kappa shape index (κ3) is 5.03. The van der Waals surface area contributed by atoms with E-state index in [1.165, 1.54) is 12.1 Å². The number of hydrogen-bond acceptors (Lipinski definition) is 3. The first-order chi connectivity index (χ1) is 12.2. The zero-order valence-electron chi connectivity index (χ0n) is 15.5. The Balaban J connectivity index is 1.83. The molecule has 1 saturated heterocycles. The van der Waals surface area contributed by atoms with E-state index in [9.17, 15) is 18.8 Å². The predicted molar refractivity (Wildman–Crippen MR) is 95.8 cm³/mol. The van der Waals surface area contributed by atoms with Gasteiger partial charge in [-0.15, -0.1) is 0 Å². The van der Waals surface area contributed by atoms with E-state index < -0.39 is 17.5 Å². The molecule has 1 fully saturated rings. The van der Waals surface area contributed by atoms with Gasteiger partial charge >= 0.3 is 6.03 Å². The summed E-state index contributed by atoms with van der Waals surface area (Å²) < 4.78 is 12.9. The van der Waals surface area contributed by atoms with Gasteiger partial charge in [-0.1, -0.05) is 26.0 Å². The number of rotatable bonds is 8. The van der Waals surface area contributed by atoms with Crippen LogP contribution in [0.1, 0.15) is 39.2 Å². The minimum atomic E-state index is -0.949. The van der Waals surface area contributed by atoms with E-state index in [1.54, 1.807) is 19.1 Å². The lowest BCUT2D eigenvalue weighted by Crippen LogP contribution is -2.45. The molecule has 0 saturated carbocycles. The summed E-state index contributed by atoms with van der Waals surface area (Å²) in [5, 5.41) is 5.38. The van der Waals surface area contributed by atoms with E-state index in [2.05, 4.69) is 24.5 Å². The predicted octanol–water partition coefficient (Wildman–Crippen LogP) is 2.23. The normalized spacial score (nSPS) is 19.8. The molecule has 6 nitrogen and oxygen atoms in total. The minimum Gasteiger partial charge on any atom is -0.354 e. The molecule has 4 amide bonds. The number of urea groups is 1. The average molecular weight is 363 g/mol. The monoisotopic (exact) mass is 363 g/mol. The molecule has 1 aliphatic rings. The lowest BCUT2D eigenvalue weighted by molar-refractivity contribution is -0.134. The Morgan fingerprint density at radius 2 is 1.92 bits per heavy atom. The van der Waals surface area contributed by atoms with Gasteiger partial charge in [0.25, 0.3) is 5.91 Å². The number of hydrogen-bond donors (Lipinski definition) is 2. The highest BCUT2D eigenvalue weighted by Gasteiger charge is 2.47. The van der Waals surface area contributed by atoms with Gasteiger partial charge in [-0.25, -0.2) is 9.18 Å². The van der Waals surface area contributed by atoms with Crippen LogP contribution < -0.4 is 10.6 Å². The summed E-state index contributed by atoms with van der Waals surface area (Å²) in [6.45, 7) is 5.85. The molecule has 2 rings (SSSR count). The SMILES string of the molecule is CC(C)CCC1(C)NC(=O)N(CC(=O)NCCc2ccc(F)cc2)C1=O. The molecule has 142 valence electrons. The van der Waals surface area contributed by atoms with Crippen LogP contribution in [0, 0.1) is 11.7 Å². The van der Waals surface area contributed by atoms with Gasteiger partial charge in [0.05, 0.1) is 0 Å². The maximum Gasteiger partial charge on any atom is 0.325 e. The smallest absolute Gasteiger partial charge is 0.325 e. The van der Waals surface area contributed by atoms with Crippen molar-refractivity contribution in [2.24, 2.45) is 5.92 Å². The molecule has 26 heavy (non-hydrogen) atoms. The lowest BCUT2D eigenvalue weighted by atomic mass is 9.92. The quantitative estimate of drug-likeness (QED) is 0.695. The number of amides is 4. The van der Waals surface area contributed by atoms with E-state index in [1.807, 2.05) is 0 Å². The van der Waals surface area contributed by atoms with Crippen LogP contribution in [0.2, 0.25) is 0 Å². The van der Waals surface area contributed by atoms with Gasteiger partial charge in [0.1, 0.15) is 17.9 Å². The zero-order valence-corrected chi connectivity index (χ0v) is 15.5. The fourth-order valence-electron chi connectivity index (χ4n) is 2.83. The van der Waals surface area contributed by atoms with E-state index in [0.717, 1.165) is 16.9 Å². The third-order valence-electron chi connectivity index (χ3n) is 4.52. The van der Waals surface area contributed by atoms with E-state index >= 15 is 0 Å². The van der Waals surface area contributed by atoms with Gasteiger partial charge < -0.3 is 10.6 Å². The van der Waals surface area contributed by atoms with Gasteiger partial charge in [-0.3, -0.25) is 14.5 Å². The van der Waals surface area contributed by atoms with Crippen molar-refractivity contribution in [3.8, 4) is 0 Å². The lowest BCUT2D eigenvalue weighted by Gasteiger charge is -2.22. The number of benzene rings is 1. The molecule has 0 aromatic heterocycles. The summed E-state index contributed by atoms with van der Waals surface area (Å²) in [4.78, 5) is 37.7. The van der Waals surface area contributed by atoms with E-state index in [-0.39, 0.29) is 18.3 Å². The minimum absolute atomic E-state index is 0.300. The molecule has 2 N–H and O–H groups in total. The summed E-state index contributed by atoms with van der Waals surface area (Å²) in [5.74, 6) is -0.655. The Labute approximate surface area is 153 Å². The number of halogens is 1. The van der Waals surface area contributed by atoms with Crippen molar-refractivity contribution in [3.63, 3.8) is 0 Å². The van der Waals surface area contributed by atoms with Gasteiger partial charge in [0.2, 0.25) is 5.91 Å². The Hall–Kier alpha value is -2.44. The van der Waals surface area contributed by atoms with Gasteiger partial charge in [-0.05, 0) is 49.8 Å². The standard InChI is InChI=1S/C19H26FN3O3/c1-13(2)8-10-19(3)17(25)23(18(26)22-19)12-16(24)21-11-9-14-4-6-15(20)7-5-14/h4-7,13H,8-12H2,1-3H3,(H,21,24)(H,22,26). The van der Waals surface area contributed by atoms with Crippen molar-refractivity contribution in [1.82, 2.24) is 15.5 Å². The van der Waals surface area contributed by atoms with Crippen LogP contribution in [-0.4, -0.2) is 41.4 Å². The summed E-state index contributed by atoms with van der Waals surface area (Å²) in [5.41, 5.74) is -0.0570. The highest BCUT2D eigenvalue weighted by atomic mass is 19.1. The number of nitrogens with one attached hydrogen (secondary N) is 2. The average Bonchev–Trinajstić information content (AvgIpc) is 2.79. The summed E-state index contributed by atoms with van der Waals surface area (Å²) in [6, 6.07) is 5.50. The number of carbonyl (C=O) groups excluding carboxylic acids is 3. The van der Waals surface area contributed by atoms with Crippen LogP contribution in [0.3, 0.4) is 0 Å². The molecule has 0 aliphatic carbocycles. The molecular formula is C19H26FN3O3. The van der Waals surface area contributed by atoms with Crippen molar-refractivity contribution in [1.29, 1.82) is 0 Å². The van der Waals surface area contributed by atoms with Crippen LogP contribution >= 0.6 is 0 Å². The van der Waals surface area contributed by atoms with Crippen molar-refractivity contribution in [2.75, 3.05) is 13.1 Å². The van der Waals surface area contributed by atoms with Crippen molar-refractivity contribution in [3.05, 3.63) is 35.6 Å². The zero-order chi connectivity index (χ0) is 19.3. The molecule has 0 spiro atoms. The van der Waals surface area contributed by atoms with Gasteiger partial charge in [0, 0.05) is 6.54 Å². The molecule has 1 heterocycles. The van der Waals surface area contributed by atoms with Crippen LogP contribution in [0.15, 0.2) is 24.3 Å². The number of nitrogens with zero attached hydrogens (tertiary/aromatic N) is 1. The Morgan fingerprint density at radius 3 is 2.54 bits per heavy atom. The fraction of sp³-hybridized carbons (Fsp3) is 0.526. The summed E-state index contributed by atoms with van der Waals surface area (Å²) >= 11 is 0. The molecule has 0 radical (unpaired) electrons. The topological polar surface area (TPSA) is 78.5 Å². The first-order valence-electron chi connectivity index (χ1n) is 8.86. The molecule has 1 atom stereocenters. The first kappa shape index (κ1) is 19.9.